The van der Waals surface area contributed by atoms with Crippen LogP contribution in [0.3, 0.4) is 0 Å². The topological polar surface area (TPSA) is 9.23 Å². The Morgan fingerprint density at radius 2 is 1.50 bits per heavy atom. The molecule has 0 aliphatic heterocycles. The molecule has 0 radical (unpaired) electrons. The Hall–Kier alpha value is -0.0400. The van der Waals surface area contributed by atoms with Gasteiger partial charge in [0.05, 0.1) is 6.10 Å². The minimum absolute atomic E-state index is 0.517. The summed E-state index contributed by atoms with van der Waals surface area (Å²) in [6, 6.07) is 0. The zero-order valence-electron chi connectivity index (χ0n) is 10.1. The van der Waals surface area contributed by atoms with Crippen LogP contribution < -0.4 is 0 Å². The molecule has 1 nitrogen and oxygen atoms in total. The summed E-state index contributed by atoms with van der Waals surface area (Å²) in [5, 5.41) is 0. The summed E-state index contributed by atoms with van der Waals surface area (Å²) in [5.41, 5.74) is 0. The first-order valence-corrected chi connectivity index (χ1v) is 6.26. The van der Waals surface area contributed by atoms with Gasteiger partial charge in [0.1, 0.15) is 0 Å². The number of methoxy groups -OCH3 is 1. The largest absolute Gasteiger partial charge is 0.381 e. The normalized spacial score (nSPS) is 36.6. The zero-order valence-corrected chi connectivity index (χ0v) is 10.1. The van der Waals surface area contributed by atoms with E-state index in [0.717, 1.165) is 11.8 Å². The van der Waals surface area contributed by atoms with E-state index in [-0.39, 0.29) is 0 Å². The highest BCUT2D eigenvalue weighted by Crippen LogP contribution is 2.25. The highest BCUT2D eigenvalue weighted by Gasteiger charge is 2.17. The molecule has 0 saturated heterocycles. The maximum Gasteiger partial charge on any atom is 0.0596 e. The fourth-order valence-electron chi connectivity index (χ4n) is 2.59. The van der Waals surface area contributed by atoms with Gasteiger partial charge in [-0.3, -0.25) is 0 Å². The molecule has 1 saturated carbocycles. The SMILES string of the molecule is COC1CCCCC(C)CCCC1C. The Labute approximate surface area is 89.2 Å². The first kappa shape index (κ1) is 12.0. The quantitative estimate of drug-likeness (QED) is 0.618. The molecular weight excluding hydrogens is 172 g/mol. The zero-order chi connectivity index (χ0) is 10.4. The summed E-state index contributed by atoms with van der Waals surface area (Å²) in [7, 11) is 1.87. The Bertz CT molecular complexity index is 144. The van der Waals surface area contributed by atoms with E-state index in [1.165, 1.54) is 44.9 Å². The molecule has 1 fully saturated rings. The first-order chi connectivity index (χ1) is 6.74. The van der Waals surface area contributed by atoms with Crippen LogP contribution in [0.1, 0.15) is 58.8 Å². The Kier molecular flexibility index (Phi) is 5.54. The predicted molar refractivity (Wildman–Crippen MR) is 61.4 cm³/mol. The lowest BCUT2D eigenvalue weighted by atomic mass is 9.88. The van der Waals surface area contributed by atoms with Gasteiger partial charge in [-0.15, -0.1) is 0 Å². The van der Waals surface area contributed by atoms with Gasteiger partial charge in [-0.1, -0.05) is 46.0 Å². The lowest BCUT2D eigenvalue weighted by Crippen LogP contribution is -2.21. The minimum Gasteiger partial charge on any atom is -0.381 e. The van der Waals surface area contributed by atoms with E-state index >= 15 is 0 Å². The smallest absolute Gasteiger partial charge is 0.0596 e. The van der Waals surface area contributed by atoms with Crippen molar-refractivity contribution in [2.45, 2.75) is 64.9 Å². The fraction of sp³-hybridized carbons (Fsp3) is 1.00. The van der Waals surface area contributed by atoms with Crippen molar-refractivity contribution in [3.05, 3.63) is 0 Å². The van der Waals surface area contributed by atoms with E-state index < -0.39 is 0 Å². The highest BCUT2D eigenvalue weighted by atomic mass is 16.5. The standard InChI is InChI=1S/C13H26O/c1-11-7-4-5-10-13(14-3)12(2)9-6-8-11/h11-13H,4-10H2,1-3H3. The predicted octanol–water partition coefficient (Wildman–Crippen LogP) is 4.02. The highest BCUT2D eigenvalue weighted by molar-refractivity contribution is 4.69. The summed E-state index contributed by atoms with van der Waals surface area (Å²) in [6.07, 6.45) is 10.1. The second kappa shape index (κ2) is 6.44. The summed E-state index contributed by atoms with van der Waals surface area (Å²) in [5.74, 6) is 1.70. The van der Waals surface area contributed by atoms with Crippen molar-refractivity contribution < 1.29 is 4.74 Å². The molecule has 0 N–H and O–H groups in total. The number of ether oxygens (including phenoxy) is 1. The maximum absolute atomic E-state index is 5.56. The van der Waals surface area contributed by atoms with E-state index in [1.807, 2.05) is 7.11 Å². The molecule has 0 amide bonds. The first-order valence-electron chi connectivity index (χ1n) is 6.26. The van der Waals surface area contributed by atoms with E-state index in [0.29, 0.717) is 6.10 Å². The van der Waals surface area contributed by atoms with Crippen LogP contribution in [0.2, 0.25) is 0 Å². The van der Waals surface area contributed by atoms with E-state index in [4.69, 9.17) is 4.74 Å². The van der Waals surface area contributed by atoms with Crippen molar-refractivity contribution in [2.75, 3.05) is 7.11 Å². The van der Waals surface area contributed by atoms with Gasteiger partial charge < -0.3 is 4.74 Å². The van der Waals surface area contributed by atoms with Gasteiger partial charge >= 0.3 is 0 Å². The minimum atomic E-state index is 0.517. The van der Waals surface area contributed by atoms with E-state index in [2.05, 4.69) is 13.8 Å². The van der Waals surface area contributed by atoms with E-state index in [1.54, 1.807) is 0 Å². The molecule has 1 rings (SSSR count). The Morgan fingerprint density at radius 3 is 2.21 bits per heavy atom. The summed E-state index contributed by atoms with van der Waals surface area (Å²) in [6.45, 7) is 4.75. The van der Waals surface area contributed by atoms with E-state index in [9.17, 15) is 0 Å². The Balaban J connectivity index is 2.38. The second-order valence-electron chi connectivity index (χ2n) is 5.07. The third-order valence-corrected chi connectivity index (χ3v) is 3.73. The van der Waals surface area contributed by atoms with Gasteiger partial charge in [0, 0.05) is 7.11 Å². The van der Waals surface area contributed by atoms with Crippen LogP contribution in [0, 0.1) is 11.8 Å². The summed E-state index contributed by atoms with van der Waals surface area (Å²) < 4.78 is 5.56. The molecule has 14 heavy (non-hydrogen) atoms. The fourth-order valence-corrected chi connectivity index (χ4v) is 2.59. The molecule has 0 aromatic carbocycles. The molecule has 0 bridgehead atoms. The van der Waals surface area contributed by atoms with Crippen LogP contribution in [0.4, 0.5) is 0 Å². The van der Waals surface area contributed by atoms with Crippen molar-refractivity contribution in [1.82, 2.24) is 0 Å². The molecule has 1 heteroatoms. The van der Waals surface area contributed by atoms with Crippen molar-refractivity contribution in [1.29, 1.82) is 0 Å². The molecule has 1 aliphatic carbocycles. The number of rotatable bonds is 1. The van der Waals surface area contributed by atoms with Crippen molar-refractivity contribution in [2.24, 2.45) is 11.8 Å². The molecule has 0 spiro atoms. The van der Waals surface area contributed by atoms with Crippen LogP contribution in [-0.2, 0) is 4.74 Å². The van der Waals surface area contributed by atoms with Crippen molar-refractivity contribution >= 4 is 0 Å². The van der Waals surface area contributed by atoms with Crippen LogP contribution in [0.25, 0.3) is 0 Å². The molecule has 0 aromatic heterocycles. The summed E-state index contributed by atoms with van der Waals surface area (Å²) in [4.78, 5) is 0. The number of hydrogen-bond donors (Lipinski definition) is 0. The lowest BCUT2D eigenvalue weighted by Gasteiger charge is -2.25. The van der Waals surface area contributed by atoms with Crippen molar-refractivity contribution in [3.63, 3.8) is 0 Å². The summed E-state index contributed by atoms with van der Waals surface area (Å²) >= 11 is 0. The monoisotopic (exact) mass is 198 g/mol. The van der Waals surface area contributed by atoms with Crippen LogP contribution in [0.5, 0.6) is 0 Å². The van der Waals surface area contributed by atoms with Crippen LogP contribution in [-0.4, -0.2) is 13.2 Å². The molecule has 0 heterocycles. The third kappa shape index (κ3) is 4.00. The molecule has 1 aliphatic rings. The number of hydrogen-bond acceptors (Lipinski definition) is 1. The van der Waals surface area contributed by atoms with Crippen LogP contribution in [0.15, 0.2) is 0 Å². The van der Waals surface area contributed by atoms with Gasteiger partial charge in [0.2, 0.25) is 0 Å². The van der Waals surface area contributed by atoms with Crippen molar-refractivity contribution in [3.8, 4) is 0 Å². The van der Waals surface area contributed by atoms with Crippen LogP contribution >= 0.6 is 0 Å². The molecular formula is C13H26O. The molecule has 3 unspecified atom stereocenters. The molecule has 3 atom stereocenters. The van der Waals surface area contributed by atoms with Gasteiger partial charge in [-0.25, -0.2) is 0 Å². The van der Waals surface area contributed by atoms with Gasteiger partial charge in [0.15, 0.2) is 0 Å². The molecule has 0 aromatic rings. The Morgan fingerprint density at radius 1 is 0.857 bits per heavy atom. The second-order valence-corrected chi connectivity index (χ2v) is 5.07. The van der Waals surface area contributed by atoms with Gasteiger partial charge in [-0.05, 0) is 24.7 Å². The average Bonchev–Trinajstić information content (AvgIpc) is 2.17. The third-order valence-electron chi connectivity index (χ3n) is 3.73. The lowest BCUT2D eigenvalue weighted by molar-refractivity contribution is 0.0435. The maximum atomic E-state index is 5.56. The molecule has 84 valence electrons. The van der Waals surface area contributed by atoms with Gasteiger partial charge in [0.25, 0.3) is 0 Å². The average molecular weight is 198 g/mol. The van der Waals surface area contributed by atoms with Gasteiger partial charge in [-0.2, -0.15) is 0 Å².